The van der Waals surface area contributed by atoms with Crippen molar-refractivity contribution in [2.75, 3.05) is 0 Å². The summed E-state index contributed by atoms with van der Waals surface area (Å²) >= 11 is 11.7. The first-order valence-electron chi connectivity index (χ1n) is 5.24. The van der Waals surface area contributed by atoms with Gasteiger partial charge in [-0.25, -0.2) is 9.78 Å². The van der Waals surface area contributed by atoms with E-state index in [1.54, 1.807) is 0 Å². The Morgan fingerprint density at radius 3 is 2.50 bits per heavy atom. The van der Waals surface area contributed by atoms with Crippen molar-refractivity contribution in [1.29, 1.82) is 0 Å². The van der Waals surface area contributed by atoms with Crippen LogP contribution in [0.25, 0.3) is 0 Å². The Kier molecular flexibility index (Phi) is 3.59. The molecule has 2 aromatic rings. The molecule has 0 saturated heterocycles. The lowest BCUT2D eigenvalue weighted by atomic mass is 10.1. The van der Waals surface area contributed by atoms with Crippen LogP contribution in [0.4, 0.5) is 0 Å². The Morgan fingerprint density at radius 2 is 1.94 bits per heavy atom. The summed E-state index contributed by atoms with van der Waals surface area (Å²) in [7, 11) is 0. The molecule has 1 N–H and O–H groups in total. The highest BCUT2D eigenvalue weighted by atomic mass is 35.5. The van der Waals surface area contributed by atoms with E-state index in [9.17, 15) is 4.79 Å². The average molecular weight is 285 g/mol. The molecule has 2 rings (SSSR count). The Balaban J connectivity index is 2.55. The Labute approximate surface area is 114 Å². The number of hydrogen-bond donors (Lipinski definition) is 1. The summed E-state index contributed by atoms with van der Waals surface area (Å²) in [6.45, 7) is 1.84. The molecule has 0 aliphatic heterocycles. The maximum Gasteiger partial charge on any atom is 0.355 e. The fourth-order valence-electron chi connectivity index (χ4n) is 1.80. The zero-order valence-electron chi connectivity index (χ0n) is 9.47. The third-order valence-corrected chi connectivity index (χ3v) is 3.23. The van der Waals surface area contributed by atoms with Crippen molar-refractivity contribution in [3.63, 3.8) is 0 Å². The molecule has 1 atom stereocenters. The molecule has 0 saturated carbocycles. The lowest BCUT2D eigenvalue weighted by molar-refractivity contribution is 0.0684. The van der Waals surface area contributed by atoms with Gasteiger partial charge in [-0.3, -0.25) is 0 Å². The van der Waals surface area contributed by atoms with Crippen LogP contribution in [0.2, 0.25) is 10.4 Å². The molecule has 1 aromatic carbocycles. The van der Waals surface area contributed by atoms with Gasteiger partial charge in [0, 0.05) is 0 Å². The number of hydrogen-bond acceptors (Lipinski definition) is 2. The molecule has 0 radical (unpaired) electrons. The summed E-state index contributed by atoms with van der Waals surface area (Å²) in [5.41, 5.74) is 0.828. The van der Waals surface area contributed by atoms with Gasteiger partial charge in [0.1, 0.15) is 0 Å². The van der Waals surface area contributed by atoms with E-state index >= 15 is 0 Å². The number of carbonyl (C=O) groups is 1. The zero-order chi connectivity index (χ0) is 13.3. The van der Waals surface area contributed by atoms with E-state index in [1.807, 2.05) is 37.3 Å². The molecule has 6 heteroatoms. The minimum absolute atomic E-state index is 0.0637. The Bertz CT molecular complexity index is 581. The lowest BCUT2D eigenvalue weighted by Gasteiger charge is -2.16. The highest BCUT2D eigenvalue weighted by Gasteiger charge is 2.24. The van der Waals surface area contributed by atoms with Crippen molar-refractivity contribution in [2.45, 2.75) is 13.0 Å². The fraction of sp³-hybridized carbons (Fsp3) is 0.167. The van der Waals surface area contributed by atoms with Crippen LogP contribution < -0.4 is 0 Å². The van der Waals surface area contributed by atoms with E-state index in [0.717, 1.165) is 5.56 Å². The van der Waals surface area contributed by atoms with Crippen molar-refractivity contribution in [1.82, 2.24) is 9.55 Å². The summed E-state index contributed by atoms with van der Waals surface area (Å²) in [5, 5.41) is 9.11. The zero-order valence-corrected chi connectivity index (χ0v) is 11.0. The lowest BCUT2D eigenvalue weighted by Crippen LogP contribution is -2.14. The monoisotopic (exact) mass is 284 g/mol. The van der Waals surface area contributed by atoms with Crippen LogP contribution >= 0.6 is 23.2 Å². The molecule has 1 aromatic heterocycles. The number of aromatic nitrogens is 2. The van der Waals surface area contributed by atoms with Gasteiger partial charge in [0.25, 0.3) is 0 Å². The van der Waals surface area contributed by atoms with Crippen LogP contribution in [0.1, 0.15) is 29.0 Å². The number of carboxylic acids is 1. The molecule has 4 nitrogen and oxygen atoms in total. The topological polar surface area (TPSA) is 55.1 Å². The normalized spacial score (nSPS) is 12.4. The molecular weight excluding hydrogens is 275 g/mol. The van der Waals surface area contributed by atoms with Crippen LogP contribution in [0.3, 0.4) is 0 Å². The summed E-state index contributed by atoms with van der Waals surface area (Å²) in [4.78, 5) is 15.0. The van der Waals surface area contributed by atoms with Crippen molar-refractivity contribution >= 4 is 29.2 Å². The van der Waals surface area contributed by atoms with Gasteiger partial charge in [-0.05, 0) is 24.1 Å². The number of nitrogens with zero attached hydrogens (tertiary/aromatic N) is 2. The van der Waals surface area contributed by atoms with Gasteiger partial charge in [-0.1, -0.05) is 41.9 Å². The van der Waals surface area contributed by atoms with E-state index in [4.69, 9.17) is 28.3 Å². The molecule has 0 aliphatic carbocycles. The summed E-state index contributed by atoms with van der Waals surface area (Å²) in [6, 6.07) is 9.15. The Hall–Kier alpha value is -1.52. The van der Waals surface area contributed by atoms with Crippen LogP contribution in [0, 0.1) is 0 Å². The average Bonchev–Trinajstić information content (AvgIpc) is 2.64. The van der Waals surface area contributed by atoms with Crippen molar-refractivity contribution in [2.24, 2.45) is 0 Å². The van der Waals surface area contributed by atoms with E-state index in [1.165, 1.54) is 4.57 Å². The predicted octanol–water partition coefficient (Wildman–Crippen LogP) is 3.50. The van der Waals surface area contributed by atoms with E-state index in [-0.39, 0.29) is 22.2 Å². The van der Waals surface area contributed by atoms with E-state index < -0.39 is 5.97 Å². The number of rotatable bonds is 3. The van der Waals surface area contributed by atoms with E-state index in [0.29, 0.717) is 0 Å². The van der Waals surface area contributed by atoms with Gasteiger partial charge >= 0.3 is 5.97 Å². The molecule has 0 aliphatic rings. The molecule has 18 heavy (non-hydrogen) atoms. The van der Waals surface area contributed by atoms with Gasteiger partial charge in [-0.2, -0.15) is 0 Å². The van der Waals surface area contributed by atoms with Crippen molar-refractivity contribution in [3.05, 3.63) is 52.0 Å². The molecular formula is C12H10Cl2N2O2. The largest absolute Gasteiger partial charge is 0.476 e. The first-order chi connectivity index (χ1) is 8.52. The molecule has 0 spiro atoms. The van der Waals surface area contributed by atoms with Crippen molar-refractivity contribution in [3.8, 4) is 0 Å². The molecule has 0 fully saturated rings. The molecule has 0 bridgehead atoms. The summed E-state index contributed by atoms with van der Waals surface area (Å²) in [5.74, 6) is -1.15. The van der Waals surface area contributed by atoms with Gasteiger partial charge in [0.15, 0.2) is 10.8 Å². The molecule has 94 valence electrons. The number of benzene rings is 1. The van der Waals surface area contributed by atoms with Gasteiger partial charge < -0.3 is 9.67 Å². The highest BCUT2D eigenvalue weighted by molar-refractivity contribution is 6.34. The Morgan fingerprint density at radius 1 is 1.33 bits per heavy atom. The second-order valence-corrected chi connectivity index (χ2v) is 4.48. The van der Waals surface area contributed by atoms with E-state index in [2.05, 4.69) is 4.98 Å². The first kappa shape index (κ1) is 12.9. The third kappa shape index (κ3) is 2.21. The predicted molar refractivity (Wildman–Crippen MR) is 69.5 cm³/mol. The maximum absolute atomic E-state index is 11.2. The second kappa shape index (κ2) is 5.00. The number of carboxylic acid groups (broad SMARTS) is 1. The molecule has 1 heterocycles. The number of aromatic carboxylic acids is 1. The van der Waals surface area contributed by atoms with Crippen LogP contribution in [-0.4, -0.2) is 20.6 Å². The smallest absolute Gasteiger partial charge is 0.355 e. The minimum atomic E-state index is -1.15. The maximum atomic E-state index is 11.2. The minimum Gasteiger partial charge on any atom is -0.476 e. The van der Waals surface area contributed by atoms with Crippen LogP contribution in [-0.2, 0) is 0 Å². The number of halogens is 2. The number of imidazole rings is 1. The standard InChI is InChI=1S/C12H10Cl2N2O2/c1-7(8-5-3-2-4-6-8)16-9(11(17)18)10(13)15-12(16)14/h2-7H,1H3,(H,17,18). The van der Waals surface area contributed by atoms with Gasteiger partial charge in [0.2, 0.25) is 5.28 Å². The second-order valence-electron chi connectivity index (χ2n) is 3.78. The third-order valence-electron chi connectivity index (χ3n) is 2.70. The van der Waals surface area contributed by atoms with Gasteiger partial charge in [-0.15, -0.1) is 0 Å². The van der Waals surface area contributed by atoms with Gasteiger partial charge in [0.05, 0.1) is 6.04 Å². The first-order valence-corrected chi connectivity index (χ1v) is 5.99. The van der Waals surface area contributed by atoms with Crippen LogP contribution in [0.15, 0.2) is 30.3 Å². The summed E-state index contributed by atoms with van der Waals surface area (Å²) in [6.07, 6.45) is 0. The summed E-state index contributed by atoms with van der Waals surface area (Å²) < 4.78 is 1.40. The highest BCUT2D eigenvalue weighted by Crippen LogP contribution is 2.28. The molecule has 0 amide bonds. The molecule has 1 unspecified atom stereocenters. The quantitative estimate of drug-likeness (QED) is 0.939. The fourth-order valence-corrected chi connectivity index (χ4v) is 2.42. The SMILES string of the molecule is CC(c1ccccc1)n1c(Cl)nc(Cl)c1C(=O)O. The van der Waals surface area contributed by atoms with Crippen molar-refractivity contribution < 1.29 is 9.90 Å². The van der Waals surface area contributed by atoms with Crippen LogP contribution in [0.5, 0.6) is 0 Å².